The van der Waals surface area contributed by atoms with E-state index in [1.165, 1.54) is 19.1 Å². The largest absolute Gasteiger partial charge is 0.378 e. The molecular weight excluding hydrogens is 539 g/mol. The number of rotatable bonds is 11. The first kappa shape index (κ1) is 30.5. The zero-order valence-electron chi connectivity index (χ0n) is 23.8. The average Bonchev–Trinajstić information content (AvgIpc) is 3.12. The van der Waals surface area contributed by atoms with Crippen LogP contribution in [0, 0.1) is 5.82 Å². The second-order valence-electron chi connectivity index (χ2n) is 9.82. The van der Waals surface area contributed by atoms with Crippen LogP contribution in [0.5, 0.6) is 0 Å². The van der Waals surface area contributed by atoms with Gasteiger partial charge in [0.25, 0.3) is 11.8 Å². The Hall–Kier alpha value is -4.48. The summed E-state index contributed by atoms with van der Waals surface area (Å²) in [7, 11) is 0. The Kier molecular flexibility index (Phi) is 10.1. The summed E-state index contributed by atoms with van der Waals surface area (Å²) in [5.41, 5.74) is 2.50. The van der Waals surface area contributed by atoms with Crippen LogP contribution in [-0.2, 0) is 14.4 Å². The zero-order valence-corrected chi connectivity index (χ0v) is 23.8. The van der Waals surface area contributed by atoms with E-state index in [1.54, 1.807) is 23.2 Å². The van der Waals surface area contributed by atoms with Gasteiger partial charge in [-0.2, -0.15) is 0 Å². The van der Waals surface area contributed by atoms with Crippen LogP contribution in [0.4, 0.5) is 10.1 Å². The number of carbonyl (C=O) groups excluding carboxylic acids is 3. The second kappa shape index (κ2) is 13.9. The molecule has 0 fully saturated rings. The van der Waals surface area contributed by atoms with Crippen molar-refractivity contribution < 1.29 is 23.9 Å². The number of aliphatic imine (C=N–C) groups is 1. The number of benzene rings is 2. The number of benzodiazepines with no additional fused rings is 1. The molecule has 11 heteroatoms. The molecule has 0 saturated heterocycles. The lowest BCUT2D eigenvalue weighted by atomic mass is 10.0. The lowest BCUT2D eigenvalue weighted by molar-refractivity contribution is -0.134. The molecule has 10 nitrogen and oxygen atoms in total. The van der Waals surface area contributed by atoms with E-state index < -0.39 is 41.9 Å². The number of aliphatic hydroxyl groups is 1. The number of nitrogens with one attached hydrogen (secondary N) is 2. The molecule has 2 unspecified atom stereocenters. The van der Waals surface area contributed by atoms with E-state index in [9.17, 15) is 23.9 Å². The maximum atomic E-state index is 14.0. The molecule has 2 heterocycles. The van der Waals surface area contributed by atoms with Gasteiger partial charge in [0.05, 0.1) is 17.1 Å². The first-order chi connectivity index (χ1) is 20.2. The minimum absolute atomic E-state index is 0.173. The Morgan fingerprint density at radius 2 is 1.71 bits per heavy atom. The number of anilines is 1. The summed E-state index contributed by atoms with van der Waals surface area (Å²) in [5, 5.41) is 15.5. The fraction of sp³-hybridized carbons (Fsp3) is 0.323. The van der Waals surface area contributed by atoms with Crippen molar-refractivity contribution in [2.75, 3.05) is 31.1 Å². The summed E-state index contributed by atoms with van der Waals surface area (Å²) in [5.74, 6) is -2.46. The number of pyridine rings is 1. The van der Waals surface area contributed by atoms with E-state index in [0.717, 1.165) is 25.2 Å². The summed E-state index contributed by atoms with van der Waals surface area (Å²) in [6.07, 6.45) is -1.29. The van der Waals surface area contributed by atoms with Gasteiger partial charge in [-0.25, -0.2) is 9.38 Å². The number of hydrogen-bond acceptors (Lipinski definition) is 7. The number of para-hydroxylation sites is 1. The Morgan fingerprint density at radius 3 is 2.38 bits per heavy atom. The molecule has 0 bridgehead atoms. The number of carbonyl (C=O) groups is 3. The minimum atomic E-state index is -1.61. The van der Waals surface area contributed by atoms with Crippen LogP contribution in [0.1, 0.15) is 43.7 Å². The molecule has 0 radical (unpaired) electrons. The molecule has 0 aliphatic carbocycles. The Labute approximate surface area is 244 Å². The molecule has 1 aromatic heterocycles. The van der Waals surface area contributed by atoms with Gasteiger partial charge in [0.2, 0.25) is 12.1 Å². The molecule has 3 atom stereocenters. The molecule has 1 aliphatic rings. The highest BCUT2D eigenvalue weighted by Gasteiger charge is 2.34. The summed E-state index contributed by atoms with van der Waals surface area (Å²) in [4.78, 5) is 52.9. The van der Waals surface area contributed by atoms with E-state index in [0.29, 0.717) is 35.7 Å². The predicted molar refractivity (Wildman–Crippen MR) is 157 cm³/mol. The third kappa shape index (κ3) is 7.04. The first-order valence-electron chi connectivity index (χ1n) is 13.9. The third-order valence-electron chi connectivity index (χ3n) is 7.12. The maximum Gasteiger partial charge on any atom is 0.272 e. The van der Waals surface area contributed by atoms with Crippen LogP contribution >= 0.6 is 0 Å². The van der Waals surface area contributed by atoms with Crippen molar-refractivity contribution in [1.29, 1.82) is 0 Å². The van der Waals surface area contributed by atoms with Crippen LogP contribution in [0.2, 0.25) is 0 Å². The molecule has 3 amide bonds. The zero-order chi connectivity index (χ0) is 30.2. The number of hydrogen-bond donors (Lipinski definition) is 3. The van der Waals surface area contributed by atoms with Crippen molar-refractivity contribution in [1.82, 2.24) is 20.5 Å². The quantitative estimate of drug-likeness (QED) is 0.323. The van der Waals surface area contributed by atoms with E-state index in [1.807, 2.05) is 30.3 Å². The van der Waals surface area contributed by atoms with E-state index >= 15 is 0 Å². The number of aliphatic hydroxyl groups excluding tert-OH is 1. The second-order valence-corrected chi connectivity index (χ2v) is 9.82. The Balaban J connectivity index is 1.61. The van der Waals surface area contributed by atoms with Gasteiger partial charge < -0.3 is 25.5 Å². The molecule has 0 saturated carbocycles. The van der Waals surface area contributed by atoms with Crippen molar-refractivity contribution in [2.24, 2.45) is 4.99 Å². The summed E-state index contributed by atoms with van der Waals surface area (Å²) in [6.45, 7) is 8.15. The molecule has 4 rings (SSSR count). The number of nitrogens with zero attached hydrogens (tertiary/aromatic N) is 4. The monoisotopic (exact) mass is 574 g/mol. The van der Waals surface area contributed by atoms with Crippen molar-refractivity contribution in [3.05, 3.63) is 95.6 Å². The highest BCUT2D eigenvalue weighted by molar-refractivity contribution is 6.19. The van der Waals surface area contributed by atoms with Crippen molar-refractivity contribution in [3.8, 4) is 0 Å². The highest BCUT2D eigenvalue weighted by Crippen LogP contribution is 2.27. The molecule has 42 heavy (non-hydrogen) atoms. The smallest absolute Gasteiger partial charge is 0.272 e. The lowest BCUT2D eigenvalue weighted by Crippen LogP contribution is -2.54. The van der Waals surface area contributed by atoms with E-state index in [2.05, 4.69) is 34.4 Å². The van der Waals surface area contributed by atoms with Crippen LogP contribution < -0.4 is 15.5 Å². The predicted octanol–water partition coefficient (Wildman–Crippen LogP) is 2.43. The van der Waals surface area contributed by atoms with Gasteiger partial charge >= 0.3 is 0 Å². The van der Waals surface area contributed by atoms with Gasteiger partial charge in [-0.15, -0.1) is 0 Å². The van der Waals surface area contributed by atoms with Crippen molar-refractivity contribution in [3.63, 3.8) is 0 Å². The SMILES string of the molecule is CCN(CC)CCN1C(=O)C(NC(=O)[C@H](C)NC(=O)C(O)c2ccc(F)cc2)N=C(c2ccccn2)c2ccccc21. The van der Waals surface area contributed by atoms with Gasteiger partial charge in [0, 0.05) is 24.8 Å². The van der Waals surface area contributed by atoms with Crippen LogP contribution in [-0.4, -0.2) is 76.8 Å². The molecule has 3 N–H and O–H groups in total. The van der Waals surface area contributed by atoms with Gasteiger partial charge in [-0.1, -0.05) is 50.2 Å². The molecule has 0 spiro atoms. The van der Waals surface area contributed by atoms with Gasteiger partial charge in [-0.05, 0) is 55.9 Å². The topological polar surface area (TPSA) is 127 Å². The van der Waals surface area contributed by atoms with E-state index in [4.69, 9.17) is 4.99 Å². The summed E-state index contributed by atoms with van der Waals surface area (Å²) in [6, 6.07) is 16.5. The van der Waals surface area contributed by atoms with Crippen LogP contribution in [0.25, 0.3) is 0 Å². The number of fused-ring (bicyclic) bond motifs is 1. The minimum Gasteiger partial charge on any atom is -0.378 e. The Bertz CT molecular complexity index is 1430. The fourth-order valence-corrected chi connectivity index (χ4v) is 4.66. The number of likely N-dealkylation sites (N-methyl/N-ethyl adjacent to an activating group) is 1. The Morgan fingerprint density at radius 1 is 1.02 bits per heavy atom. The molecule has 220 valence electrons. The van der Waals surface area contributed by atoms with Gasteiger partial charge in [0.1, 0.15) is 11.9 Å². The van der Waals surface area contributed by atoms with E-state index in [-0.39, 0.29) is 5.56 Å². The average molecular weight is 575 g/mol. The number of aromatic nitrogens is 1. The molecule has 3 aromatic rings. The number of halogens is 1. The van der Waals surface area contributed by atoms with Crippen molar-refractivity contribution in [2.45, 2.75) is 39.1 Å². The fourth-order valence-electron chi connectivity index (χ4n) is 4.66. The number of amides is 3. The normalized spacial score (nSPS) is 16.2. The molecule has 2 aromatic carbocycles. The van der Waals surface area contributed by atoms with Crippen LogP contribution in [0.3, 0.4) is 0 Å². The standard InChI is InChI=1S/C31H35FN6O4/c1-4-37(5-2)18-19-38-25-12-7-6-10-23(25)26(24-11-8-9-17-33-24)35-28(31(38)42)36-29(40)20(3)34-30(41)27(39)21-13-15-22(32)16-14-21/h6-17,20,27-28,39H,4-5,18-19H2,1-3H3,(H,34,41)(H,36,40)/t20-,27?,28?/m0/s1. The third-order valence-corrected chi connectivity index (χ3v) is 7.12. The van der Waals surface area contributed by atoms with Crippen LogP contribution in [0.15, 0.2) is 77.9 Å². The molecule has 1 aliphatic heterocycles. The molecular formula is C31H35FN6O4. The van der Waals surface area contributed by atoms with Crippen molar-refractivity contribution >= 4 is 29.1 Å². The maximum absolute atomic E-state index is 14.0. The lowest BCUT2D eigenvalue weighted by Gasteiger charge is -2.28. The summed E-state index contributed by atoms with van der Waals surface area (Å²) < 4.78 is 13.2. The van der Waals surface area contributed by atoms with Gasteiger partial charge in [-0.3, -0.25) is 19.4 Å². The summed E-state index contributed by atoms with van der Waals surface area (Å²) >= 11 is 0. The van der Waals surface area contributed by atoms with Gasteiger partial charge in [0.15, 0.2) is 6.10 Å². The first-order valence-corrected chi connectivity index (χ1v) is 13.9. The highest BCUT2D eigenvalue weighted by atomic mass is 19.1.